The number of rotatable bonds is 4. The predicted octanol–water partition coefficient (Wildman–Crippen LogP) is 3.97. The first-order valence-corrected chi connectivity index (χ1v) is 5.72. The average Bonchev–Trinajstić information content (AvgIpc) is 2.45. The van der Waals surface area contributed by atoms with Gasteiger partial charge in [-0.25, -0.2) is 13.2 Å². The van der Waals surface area contributed by atoms with Crippen molar-refractivity contribution < 1.29 is 31.4 Å². The summed E-state index contributed by atoms with van der Waals surface area (Å²) < 4.78 is 75.4. The molecule has 0 saturated heterocycles. The second-order valence-electron chi connectivity index (χ2n) is 4.05. The lowest BCUT2D eigenvalue weighted by Crippen LogP contribution is -2.04. The molecule has 0 unspecified atom stereocenters. The molecule has 2 aromatic carbocycles. The first-order chi connectivity index (χ1) is 9.93. The summed E-state index contributed by atoms with van der Waals surface area (Å²) in [5, 5.41) is 0. The largest absolute Gasteiger partial charge is 0.494 e. The van der Waals surface area contributed by atoms with Gasteiger partial charge in [-0.1, -0.05) is 6.07 Å². The van der Waals surface area contributed by atoms with E-state index in [1.54, 1.807) is 0 Å². The summed E-state index contributed by atoms with van der Waals surface area (Å²) in [4.78, 5) is 0. The Morgan fingerprint density at radius 3 is 2.00 bits per heavy atom. The number of benzene rings is 2. The van der Waals surface area contributed by atoms with Crippen molar-refractivity contribution in [2.75, 3.05) is 7.11 Å². The molecular weight excluding hydrogens is 295 g/mol. The van der Waals surface area contributed by atoms with E-state index in [2.05, 4.69) is 0 Å². The Hall–Kier alpha value is -2.31. The van der Waals surface area contributed by atoms with Gasteiger partial charge in [-0.05, 0) is 17.7 Å². The summed E-state index contributed by atoms with van der Waals surface area (Å²) in [6.07, 6.45) is 0. The molecule has 112 valence electrons. The third-order valence-electron chi connectivity index (χ3n) is 2.67. The molecule has 7 heteroatoms. The zero-order valence-electron chi connectivity index (χ0n) is 10.7. The fraction of sp³-hybridized carbons (Fsp3) is 0.143. The van der Waals surface area contributed by atoms with Crippen molar-refractivity contribution in [1.29, 1.82) is 0 Å². The smallest absolute Gasteiger partial charge is 0.203 e. The molecule has 0 aliphatic carbocycles. The number of hydrogen-bond acceptors (Lipinski definition) is 2. The van der Waals surface area contributed by atoms with Crippen LogP contribution in [0.25, 0.3) is 0 Å². The van der Waals surface area contributed by atoms with Gasteiger partial charge in [0.05, 0.1) is 7.11 Å². The summed E-state index contributed by atoms with van der Waals surface area (Å²) >= 11 is 0. The van der Waals surface area contributed by atoms with Crippen LogP contribution in [0, 0.1) is 29.1 Å². The Kier molecular flexibility index (Phi) is 4.30. The van der Waals surface area contributed by atoms with Crippen LogP contribution in [-0.4, -0.2) is 7.11 Å². The third-order valence-corrected chi connectivity index (χ3v) is 2.67. The maximum absolute atomic E-state index is 13.4. The van der Waals surface area contributed by atoms with Gasteiger partial charge < -0.3 is 9.47 Å². The van der Waals surface area contributed by atoms with Crippen molar-refractivity contribution in [2.45, 2.75) is 6.61 Å². The van der Waals surface area contributed by atoms with Crippen LogP contribution in [0.4, 0.5) is 22.0 Å². The molecule has 0 amide bonds. The van der Waals surface area contributed by atoms with Crippen LogP contribution in [0.3, 0.4) is 0 Å². The molecule has 2 rings (SSSR count). The molecular formula is C14H9F5O2. The molecule has 21 heavy (non-hydrogen) atoms. The minimum atomic E-state index is -1.65. The number of methoxy groups -OCH3 is 1. The highest BCUT2D eigenvalue weighted by Crippen LogP contribution is 2.27. The summed E-state index contributed by atoms with van der Waals surface area (Å²) in [7, 11) is 1.27. The van der Waals surface area contributed by atoms with Gasteiger partial charge in [0, 0.05) is 6.07 Å². The van der Waals surface area contributed by atoms with Crippen molar-refractivity contribution in [3.05, 3.63) is 58.9 Å². The SMILES string of the molecule is COc1ccc(COc2c(F)c(F)cc(F)c2F)cc1F. The monoisotopic (exact) mass is 304 g/mol. The lowest BCUT2D eigenvalue weighted by molar-refractivity contribution is 0.261. The Morgan fingerprint density at radius 1 is 0.857 bits per heavy atom. The molecule has 0 bridgehead atoms. The first kappa shape index (κ1) is 15.1. The predicted molar refractivity (Wildman–Crippen MR) is 63.6 cm³/mol. The van der Waals surface area contributed by atoms with Crippen LogP contribution >= 0.6 is 0 Å². The second kappa shape index (κ2) is 5.99. The van der Waals surface area contributed by atoms with E-state index >= 15 is 0 Å². The molecule has 0 atom stereocenters. The lowest BCUT2D eigenvalue weighted by Gasteiger charge is -2.10. The van der Waals surface area contributed by atoms with Crippen molar-refractivity contribution >= 4 is 0 Å². The minimum Gasteiger partial charge on any atom is -0.494 e. The van der Waals surface area contributed by atoms with E-state index in [4.69, 9.17) is 9.47 Å². The van der Waals surface area contributed by atoms with Crippen LogP contribution in [0.2, 0.25) is 0 Å². The normalized spacial score (nSPS) is 10.6. The molecule has 0 heterocycles. The lowest BCUT2D eigenvalue weighted by atomic mass is 10.2. The van der Waals surface area contributed by atoms with Gasteiger partial charge in [0.1, 0.15) is 6.61 Å². The highest BCUT2D eigenvalue weighted by Gasteiger charge is 2.20. The van der Waals surface area contributed by atoms with Gasteiger partial charge in [0.2, 0.25) is 11.6 Å². The van der Waals surface area contributed by atoms with Crippen LogP contribution < -0.4 is 9.47 Å². The van der Waals surface area contributed by atoms with Crippen LogP contribution in [0.15, 0.2) is 24.3 Å². The van der Waals surface area contributed by atoms with Crippen molar-refractivity contribution in [3.8, 4) is 11.5 Å². The summed E-state index contributed by atoms with van der Waals surface area (Å²) in [5.74, 6) is -8.37. The van der Waals surface area contributed by atoms with Crippen LogP contribution in [-0.2, 0) is 6.61 Å². The Balaban J connectivity index is 2.22. The zero-order chi connectivity index (χ0) is 15.6. The van der Waals surface area contributed by atoms with Crippen molar-refractivity contribution in [2.24, 2.45) is 0 Å². The molecule has 0 aromatic heterocycles. The fourth-order valence-corrected chi connectivity index (χ4v) is 1.63. The minimum absolute atomic E-state index is 0.0205. The summed E-state index contributed by atoms with van der Waals surface area (Å²) in [5.41, 5.74) is 0.205. The van der Waals surface area contributed by atoms with Crippen LogP contribution in [0.1, 0.15) is 5.56 Å². The molecule has 0 radical (unpaired) electrons. The highest BCUT2D eigenvalue weighted by molar-refractivity contribution is 5.31. The van der Waals surface area contributed by atoms with Crippen molar-refractivity contribution in [3.63, 3.8) is 0 Å². The first-order valence-electron chi connectivity index (χ1n) is 5.72. The van der Waals surface area contributed by atoms with E-state index in [0.29, 0.717) is 0 Å². The van der Waals surface area contributed by atoms with Gasteiger partial charge in [-0.2, -0.15) is 8.78 Å². The maximum Gasteiger partial charge on any atom is 0.203 e. The van der Waals surface area contributed by atoms with Gasteiger partial charge in [-0.15, -0.1) is 0 Å². The Bertz CT molecular complexity index is 647. The topological polar surface area (TPSA) is 18.5 Å². The van der Waals surface area contributed by atoms with E-state index in [9.17, 15) is 22.0 Å². The molecule has 0 spiro atoms. The quantitative estimate of drug-likeness (QED) is 0.628. The fourth-order valence-electron chi connectivity index (χ4n) is 1.63. The molecule has 2 aromatic rings. The average molecular weight is 304 g/mol. The van der Waals surface area contributed by atoms with E-state index in [0.717, 1.165) is 6.07 Å². The molecule has 0 aliphatic heterocycles. The van der Waals surface area contributed by atoms with E-state index in [1.807, 2.05) is 0 Å². The summed E-state index contributed by atoms with van der Waals surface area (Å²) in [6.45, 7) is -0.475. The molecule has 0 saturated carbocycles. The number of halogens is 5. The van der Waals surface area contributed by atoms with E-state index in [1.165, 1.54) is 19.2 Å². The Morgan fingerprint density at radius 2 is 1.48 bits per heavy atom. The van der Waals surface area contributed by atoms with Gasteiger partial charge >= 0.3 is 0 Å². The molecule has 2 nitrogen and oxygen atoms in total. The molecule has 0 aliphatic rings. The van der Waals surface area contributed by atoms with Gasteiger partial charge in [-0.3, -0.25) is 0 Å². The van der Waals surface area contributed by atoms with E-state index in [-0.39, 0.29) is 17.4 Å². The molecule has 0 fully saturated rings. The highest BCUT2D eigenvalue weighted by atomic mass is 19.2. The number of hydrogen-bond donors (Lipinski definition) is 0. The molecule has 0 N–H and O–H groups in total. The number of ether oxygens (including phenoxy) is 2. The van der Waals surface area contributed by atoms with Crippen molar-refractivity contribution in [1.82, 2.24) is 0 Å². The van der Waals surface area contributed by atoms with Gasteiger partial charge in [0.25, 0.3) is 0 Å². The van der Waals surface area contributed by atoms with Crippen LogP contribution in [0.5, 0.6) is 11.5 Å². The zero-order valence-corrected chi connectivity index (χ0v) is 10.7. The van der Waals surface area contributed by atoms with E-state index < -0.39 is 41.4 Å². The third kappa shape index (κ3) is 3.07. The maximum atomic E-state index is 13.4. The second-order valence-corrected chi connectivity index (χ2v) is 4.05. The Labute approximate surface area is 116 Å². The van der Waals surface area contributed by atoms with Gasteiger partial charge in [0.15, 0.2) is 29.0 Å². The summed E-state index contributed by atoms with van der Waals surface area (Å²) in [6, 6.07) is 3.76. The standard InChI is InChI=1S/C14H9F5O2/c1-20-11-3-2-7(4-8(11)15)6-21-14-12(18)9(16)5-10(17)13(14)19/h2-5H,6H2,1H3.